The standard InChI is InChI=1S/C118H115BN4/c1-112(2,3)82-44-32-38-76(62-82)74-36-30-40-78(60-74)95-66-86(116(13,14)15)68-97(80-42-34-46-84(64-80)114(7,8)9)110(95)122-105-72-89(120-101-52-26-22-48-91(101)92-49-23-27-53-102(92)120)56-58-99(105)119-100-59-57-90(121-103-54-28-24-50-93(103)94-51-25-29-55-104(94)121)73-106(100)123(108-71-88(118(19,20)21)70-107(122)109(108)119)111-96(79-41-31-37-75(61-79)77-39-33-45-83(63-77)113(4,5)6)67-87(117(16,17)18)69-98(111)81-43-35-47-85(65-81)115(10,11)12/h22-73H,1-21H3/i22D,23D,24D,25D,26D,27D,28D,29D,48D,49D,50D,51D,52D,53D,54D,55D. The van der Waals surface area contributed by atoms with Crippen LogP contribution in [0.3, 0.4) is 0 Å². The second kappa shape index (κ2) is 29.1. The van der Waals surface area contributed by atoms with Gasteiger partial charge in [0.2, 0.25) is 0 Å². The minimum atomic E-state index is -0.827. The second-order valence-corrected chi connectivity index (χ2v) is 41.2. The van der Waals surface area contributed by atoms with Crippen molar-refractivity contribution in [2.45, 2.75) is 183 Å². The molecule has 4 heterocycles. The summed E-state index contributed by atoms with van der Waals surface area (Å²) < 4.78 is 158. The average Bonchev–Trinajstić information content (AvgIpc) is 1.49. The van der Waals surface area contributed by atoms with Gasteiger partial charge in [-0.2, -0.15) is 0 Å². The van der Waals surface area contributed by atoms with Crippen LogP contribution >= 0.6 is 0 Å². The molecule has 4 nitrogen and oxygen atoms in total. The van der Waals surface area contributed by atoms with Crippen LogP contribution in [0.5, 0.6) is 0 Å². The van der Waals surface area contributed by atoms with Gasteiger partial charge in [-0.05, 0) is 235 Å². The fraction of sp³-hybridized carbons (Fsp3) is 0.237. The smallest absolute Gasteiger partial charge is 0.252 e. The molecule has 0 spiro atoms. The fourth-order valence-corrected chi connectivity index (χ4v) is 18.4. The number of rotatable bonds is 10. The minimum Gasteiger partial charge on any atom is -0.310 e. The first-order valence-electron chi connectivity index (χ1n) is 51.2. The Morgan fingerprint density at radius 1 is 0.228 bits per heavy atom. The Morgan fingerprint density at radius 3 is 0.764 bits per heavy atom. The highest BCUT2D eigenvalue weighted by Gasteiger charge is 2.47. The van der Waals surface area contributed by atoms with Crippen molar-refractivity contribution in [1.82, 2.24) is 9.13 Å². The Labute approximate surface area is 753 Å². The molecule has 123 heavy (non-hydrogen) atoms. The van der Waals surface area contributed by atoms with Gasteiger partial charge in [0.15, 0.2) is 0 Å². The van der Waals surface area contributed by atoms with Crippen molar-refractivity contribution in [3.05, 3.63) is 354 Å². The first-order valence-corrected chi connectivity index (χ1v) is 43.2. The molecule has 0 unspecified atom stereocenters. The van der Waals surface area contributed by atoms with Gasteiger partial charge in [0, 0.05) is 77.9 Å². The van der Waals surface area contributed by atoms with Crippen LogP contribution in [0.2, 0.25) is 0 Å². The molecule has 0 bridgehead atoms. The van der Waals surface area contributed by atoms with E-state index in [1.165, 1.54) is 11.1 Å². The van der Waals surface area contributed by atoms with E-state index in [4.69, 9.17) is 0 Å². The Balaban J connectivity index is 1.06. The number of benzene rings is 15. The number of hydrogen-bond donors (Lipinski definition) is 0. The first-order chi connectivity index (χ1) is 65.1. The maximum absolute atomic E-state index is 10.1. The van der Waals surface area contributed by atoms with E-state index >= 15 is 0 Å². The van der Waals surface area contributed by atoms with Crippen LogP contribution in [0, 0.1) is 0 Å². The Kier molecular flexibility index (Phi) is 15.0. The summed E-state index contributed by atoms with van der Waals surface area (Å²) in [4.78, 5) is 4.83. The van der Waals surface area contributed by atoms with Gasteiger partial charge in [-0.1, -0.05) is 364 Å². The van der Waals surface area contributed by atoms with Crippen LogP contribution in [-0.2, 0) is 37.9 Å². The van der Waals surface area contributed by atoms with E-state index in [1.54, 1.807) is 9.13 Å². The van der Waals surface area contributed by atoms with Crippen molar-refractivity contribution in [3.63, 3.8) is 0 Å². The Morgan fingerprint density at radius 2 is 0.472 bits per heavy atom. The summed E-state index contributed by atoms with van der Waals surface area (Å²) in [7, 11) is 0. The summed E-state index contributed by atoms with van der Waals surface area (Å²) in [6.07, 6.45) is 0. The maximum atomic E-state index is 10.1. The van der Waals surface area contributed by atoms with Gasteiger partial charge in [-0.15, -0.1) is 0 Å². The molecule has 0 saturated carbocycles. The van der Waals surface area contributed by atoms with E-state index in [9.17, 15) is 21.9 Å². The highest BCUT2D eigenvalue weighted by atomic mass is 15.2. The lowest BCUT2D eigenvalue weighted by Gasteiger charge is -2.47. The normalized spacial score (nSPS) is 15.2. The van der Waals surface area contributed by atoms with E-state index in [1.807, 2.05) is 24.3 Å². The molecule has 19 rings (SSSR count). The average molecular weight is 1620 g/mol. The quantitative estimate of drug-likeness (QED) is 0.127. The number of nitrogens with zero attached hydrogens (tertiary/aromatic N) is 4. The zero-order chi connectivity index (χ0) is 100. The molecule has 0 fully saturated rings. The van der Waals surface area contributed by atoms with Crippen molar-refractivity contribution in [2.75, 3.05) is 9.80 Å². The lowest BCUT2D eigenvalue weighted by atomic mass is 9.33. The van der Waals surface area contributed by atoms with Crippen molar-refractivity contribution in [3.8, 4) is 78.1 Å². The number of para-hydroxylation sites is 4. The molecule has 0 amide bonds. The van der Waals surface area contributed by atoms with Crippen LogP contribution in [-0.4, -0.2) is 15.8 Å². The predicted octanol–water partition coefficient (Wildman–Crippen LogP) is 31.0. The number of hydrogen-bond acceptors (Lipinski definition) is 2. The van der Waals surface area contributed by atoms with Crippen molar-refractivity contribution >= 4 is 101 Å². The molecule has 0 N–H and O–H groups in total. The minimum absolute atomic E-state index is 0.0534. The van der Waals surface area contributed by atoms with E-state index in [0.29, 0.717) is 22.7 Å². The first kappa shape index (κ1) is 63.5. The predicted molar refractivity (Wildman–Crippen MR) is 533 cm³/mol. The highest BCUT2D eigenvalue weighted by Crippen LogP contribution is 2.57. The Bertz CT molecular complexity index is 7530. The summed E-state index contributed by atoms with van der Waals surface area (Å²) >= 11 is 0. The summed E-state index contributed by atoms with van der Waals surface area (Å²) in [5.74, 6) is 0. The number of fused-ring (bicyclic) bond motifs is 10. The van der Waals surface area contributed by atoms with Crippen LogP contribution in [0.4, 0.5) is 34.1 Å². The lowest BCUT2D eigenvalue weighted by Crippen LogP contribution is -2.61. The molecule has 0 atom stereocenters. The molecule has 15 aromatic carbocycles. The molecule has 0 aliphatic carbocycles. The largest absolute Gasteiger partial charge is 0.310 e. The molecule has 0 radical (unpaired) electrons. The monoisotopic (exact) mass is 1620 g/mol. The topological polar surface area (TPSA) is 16.3 Å². The molecule has 610 valence electrons. The van der Waals surface area contributed by atoms with E-state index in [-0.39, 0.29) is 65.3 Å². The third kappa shape index (κ3) is 14.1. The van der Waals surface area contributed by atoms with E-state index < -0.39 is 120 Å². The van der Waals surface area contributed by atoms with Crippen molar-refractivity contribution < 1.29 is 21.9 Å². The maximum Gasteiger partial charge on any atom is 0.252 e. The number of aromatic nitrogens is 2. The van der Waals surface area contributed by atoms with Crippen LogP contribution in [0.1, 0.15) is 206 Å². The summed E-state index contributed by atoms with van der Waals surface area (Å²) in [6.45, 7) is 46.0. The SMILES string of the molecule is [2H]c1c([2H])c([2H])c2c(c1[2H])c1c([2H])c([2H])c([2H])c([2H])c1n2-c1ccc2c(c1)N(c1c(-c3cccc(-c4cccc(C(C)(C)C)c4)c3)cc(C(C)(C)C)cc1-c1cccc(C(C)(C)C)c1)c1cc(C(C)(C)C)cc3c1B2c1ccc(-n2c4c([2H])c([2H])c([2H])c([2H])c4c4c([2H])c([2H])c([2H])c([2H])c42)cc1N3c1c(-c2cccc(-c3cccc(C(C)(C)C)c3)c2)cc(C(C)(C)C)cc1-c1cccc(C(C)(C)C)c1. The molecule has 2 aromatic heterocycles. The molecule has 5 heteroatoms. The fourth-order valence-electron chi connectivity index (χ4n) is 18.4. The summed E-state index contributed by atoms with van der Waals surface area (Å²) in [6, 6.07) is 70.6. The van der Waals surface area contributed by atoms with Gasteiger partial charge in [0.25, 0.3) is 6.71 Å². The van der Waals surface area contributed by atoms with Gasteiger partial charge < -0.3 is 18.9 Å². The van der Waals surface area contributed by atoms with E-state index in [0.717, 1.165) is 134 Å². The zero-order valence-electron chi connectivity index (χ0n) is 90.7. The Hall–Kier alpha value is -12.4. The molecule has 17 aromatic rings. The molecule has 2 aliphatic rings. The third-order valence-corrected chi connectivity index (χ3v) is 25.4. The van der Waals surface area contributed by atoms with Crippen molar-refractivity contribution in [2.24, 2.45) is 0 Å². The molecule has 2 aliphatic heterocycles. The van der Waals surface area contributed by atoms with Gasteiger partial charge in [0.1, 0.15) is 0 Å². The highest BCUT2D eigenvalue weighted by molar-refractivity contribution is 7.00. The van der Waals surface area contributed by atoms with Crippen LogP contribution in [0.15, 0.2) is 315 Å². The molecular formula is C118H115BN4. The lowest BCUT2D eigenvalue weighted by molar-refractivity contribution is 0.589. The van der Waals surface area contributed by atoms with Gasteiger partial charge in [0.05, 0.1) is 55.4 Å². The van der Waals surface area contributed by atoms with Gasteiger partial charge in [-0.25, -0.2) is 0 Å². The molecule has 0 saturated heterocycles. The summed E-state index contributed by atoms with van der Waals surface area (Å²) in [5.41, 5.74) is 22.7. The zero-order valence-corrected chi connectivity index (χ0v) is 74.7. The van der Waals surface area contributed by atoms with Crippen LogP contribution < -0.4 is 26.2 Å². The van der Waals surface area contributed by atoms with E-state index in [2.05, 4.69) is 349 Å². The number of anilines is 6. The molecular weight excluding hydrogens is 1480 g/mol. The van der Waals surface area contributed by atoms with Gasteiger partial charge >= 0.3 is 0 Å². The van der Waals surface area contributed by atoms with Crippen molar-refractivity contribution in [1.29, 1.82) is 0 Å². The van der Waals surface area contributed by atoms with Crippen LogP contribution in [0.25, 0.3) is 122 Å². The second-order valence-electron chi connectivity index (χ2n) is 41.2. The summed E-state index contributed by atoms with van der Waals surface area (Å²) in [5, 5.41) is -0.301. The van der Waals surface area contributed by atoms with Gasteiger partial charge in [-0.3, -0.25) is 0 Å². The third-order valence-electron chi connectivity index (χ3n) is 25.4.